The molecule has 0 bridgehead atoms. The van der Waals surface area contributed by atoms with Crippen molar-refractivity contribution in [1.82, 2.24) is 0 Å². The van der Waals surface area contributed by atoms with E-state index in [4.69, 9.17) is 0 Å². The minimum absolute atomic E-state index is 0.0228. The average molecular weight is 295 g/mol. The molecule has 0 saturated heterocycles. The first-order valence-electron chi connectivity index (χ1n) is 6.27. The van der Waals surface area contributed by atoms with Crippen LogP contribution in [0.3, 0.4) is 0 Å². The third-order valence-electron chi connectivity index (χ3n) is 2.80. The molecule has 1 nitrogen and oxygen atoms in total. The predicted octanol–water partition coefficient (Wildman–Crippen LogP) is 5.13. The monoisotopic (exact) mass is 295 g/mol. The minimum atomic E-state index is -4.38. The Labute approximate surface area is 119 Å². The second-order valence-electron chi connectivity index (χ2n) is 4.43. The number of nitrogens with one attached hydrogen (secondary N) is 1. The first-order valence-corrected chi connectivity index (χ1v) is 6.27. The van der Waals surface area contributed by atoms with Gasteiger partial charge in [0.25, 0.3) is 0 Å². The molecule has 0 unspecified atom stereocenters. The van der Waals surface area contributed by atoms with Crippen LogP contribution >= 0.6 is 0 Å². The SMILES string of the molecule is F/C(=C\c1ccc(C(F)(F)F)cc1)CNc1ccccc1. The van der Waals surface area contributed by atoms with Crippen LogP contribution in [0.2, 0.25) is 0 Å². The van der Waals surface area contributed by atoms with Crippen molar-refractivity contribution in [2.45, 2.75) is 6.18 Å². The van der Waals surface area contributed by atoms with Crippen molar-refractivity contribution in [2.24, 2.45) is 0 Å². The van der Waals surface area contributed by atoms with Crippen molar-refractivity contribution in [3.05, 3.63) is 71.6 Å². The molecule has 0 atom stereocenters. The summed E-state index contributed by atoms with van der Waals surface area (Å²) in [6.45, 7) is -0.0228. The molecule has 0 saturated carbocycles. The molecule has 5 heteroatoms. The molecule has 2 rings (SSSR count). The average Bonchev–Trinajstić information content (AvgIpc) is 2.46. The van der Waals surface area contributed by atoms with E-state index in [0.717, 1.165) is 17.8 Å². The lowest BCUT2D eigenvalue weighted by atomic mass is 10.1. The molecule has 0 amide bonds. The fourth-order valence-electron chi connectivity index (χ4n) is 1.74. The Morgan fingerprint density at radius 3 is 2.14 bits per heavy atom. The molecule has 0 spiro atoms. The first-order chi connectivity index (χ1) is 9.95. The largest absolute Gasteiger partial charge is 0.416 e. The Bertz CT molecular complexity index is 600. The fraction of sp³-hybridized carbons (Fsp3) is 0.125. The molecule has 0 heterocycles. The molecule has 0 radical (unpaired) electrons. The molecule has 0 aliphatic carbocycles. The second-order valence-corrected chi connectivity index (χ2v) is 4.43. The number of hydrogen-bond acceptors (Lipinski definition) is 1. The van der Waals surface area contributed by atoms with Gasteiger partial charge < -0.3 is 5.32 Å². The van der Waals surface area contributed by atoms with Gasteiger partial charge in [-0.2, -0.15) is 13.2 Å². The summed E-state index contributed by atoms with van der Waals surface area (Å²) in [5.41, 5.74) is 0.409. The first kappa shape index (κ1) is 15.1. The molecule has 1 N–H and O–H groups in total. The smallest absolute Gasteiger partial charge is 0.379 e. The Balaban J connectivity index is 1.99. The minimum Gasteiger partial charge on any atom is -0.379 e. The van der Waals surface area contributed by atoms with E-state index in [-0.39, 0.29) is 6.54 Å². The molecular weight excluding hydrogens is 282 g/mol. The van der Waals surface area contributed by atoms with Gasteiger partial charge in [0.1, 0.15) is 5.83 Å². The van der Waals surface area contributed by atoms with Crippen molar-refractivity contribution in [1.29, 1.82) is 0 Å². The van der Waals surface area contributed by atoms with Crippen LogP contribution in [-0.4, -0.2) is 6.54 Å². The standard InChI is InChI=1S/C16H13F4N/c17-14(11-21-15-4-2-1-3-5-15)10-12-6-8-13(9-7-12)16(18,19)20/h1-10,21H,11H2/b14-10-. The summed E-state index contributed by atoms with van der Waals surface area (Å²) in [5.74, 6) is -0.460. The molecule has 2 aromatic carbocycles. The number of para-hydroxylation sites is 1. The highest BCUT2D eigenvalue weighted by Gasteiger charge is 2.29. The molecule has 2 aromatic rings. The van der Waals surface area contributed by atoms with Gasteiger partial charge in [0.15, 0.2) is 0 Å². The maximum absolute atomic E-state index is 13.7. The van der Waals surface area contributed by atoms with E-state index in [2.05, 4.69) is 5.32 Å². The molecule has 21 heavy (non-hydrogen) atoms. The van der Waals surface area contributed by atoms with E-state index in [1.165, 1.54) is 18.2 Å². The van der Waals surface area contributed by atoms with E-state index in [1.54, 1.807) is 12.1 Å². The van der Waals surface area contributed by atoms with E-state index < -0.39 is 17.6 Å². The van der Waals surface area contributed by atoms with Gasteiger partial charge in [-0.3, -0.25) is 0 Å². The summed E-state index contributed by atoms with van der Waals surface area (Å²) in [6, 6.07) is 13.4. The number of rotatable bonds is 4. The Hall–Kier alpha value is -2.30. The number of alkyl halides is 3. The fourth-order valence-corrected chi connectivity index (χ4v) is 1.74. The molecule has 0 fully saturated rings. The molecule has 110 valence electrons. The summed E-state index contributed by atoms with van der Waals surface area (Å²) < 4.78 is 50.9. The Morgan fingerprint density at radius 2 is 1.57 bits per heavy atom. The van der Waals surface area contributed by atoms with Crippen LogP contribution in [0.1, 0.15) is 11.1 Å². The molecule has 0 aliphatic rings. The zero-order chi connectivity index (χ0) is 15.3. The quantitative estimate of drug-likeness (QED) is 0.771. The maximum atomic E-state index is 13.7. The highest BCUT2D eigenvalue weighted by molar-refractivity contribution is 5.53. The predicted molar refractivity (Wildman–Crippen MR) is 75.5 cm³/mol. The number of halogens is 4. The molecule has 0 aromatic heterocycles. The van der Waals surface area contributed by atoms with E-state index in [9.17, 15) is 17.6 Å². The number of hydrogen-bond donors (Lipinski definition) is 1. The third kappa shape index (κ3) is 4.63. The van der Waals surface area contributed by atoms with Crippen LogP contribution in [0.25, 0.3) is 6.08 Å². The van der Waals surface area contributed by atoms with Gasteiger partial charge in [-0.25, -0.2) is 4.39 Å². The van der Waals surface area contributed by atoms with Crippen LogP contribution in [0.15, 0.2) is 60.4 Å². The number of anilines is 1. The van der Waals surface area contributed by atoms with Gasteiger partial charge in [0, 0.05) is 5.69 Å². The summed E-state index contributed by atoms with van der Waals surface area (Å²) >= 11 is 0. The molecular formula is C16H13F4N. The Kier molecular flexibility index (Phi) is 4.62. The molecule has 0 aliphatic heterocycles. The van der Waals surface area contributed by atoms with Gasteiger partial charge in [0.2, 0.25) is 0 Å². The lowest BCUT2D eigenvalue weighted by molar-refractivity contribution is -0.137. The van der Waals surface area contributed by atoms with Crippen LogP contribution < -0.4 is 5.32 Å². The van der Waals surface area contributed by atoms with Crippen LogP contribution in [0.4, 0.5) is 23.2 Å². The topological polar surface area (TPSA) is 12.0 Å². The Morgan fingerprint density at radius 1 is 0.952 bits per heavy atom. The highest BCUT2D eigenvalue weighted by Crippen LogP contribution is 2.29. The van der Waals surface area contributed by atoms with E-state index in [1.807, 2.05) is 18.2 Å². The normalized spacial score (nSPS) is 12.3. The van der Waals surface area contributed by atoms with Crippen molar-refractivity contribution < 1.29 is 17.6 Å². The van der Waals surface area contributed by atoms with E-state index in [0.29, 0.717) is 5.56 Å². The third-order valence-corrected chi connectivity index (χ3v) is 2.80. The summed E-state index contributed by atoms with van der Waals surface area (Å²) in [7, 11) is 0. The van der Waals surface area contributed by atoms with Gasteiger partial charge in [-0.15, -0.1) is 0 Å². The van der Waals surface area contributed by atoms with Gasteiger partial charge in [0.05, 0.1) is 12.1 Å². The van der Waals surface area contributed by atoms with Crippen molar-refractivity contribution in [2.75, 3.05) is 11.9 Å². The van der Waals surface area contributed by atoms with Crippen LogP contribution in [0.5, 0.6) is 0 Å². The van der Waals surface area contributed by atoms with Gasteiger partial charge in [-0.1, -0.05) is 30.3 Å². The lowest BCUT2D eigenvalue weighted by Gasteiger charge is -2.07. The summed E-state index contributed by atoms with van der Waals surface area (Å²) in [4.78, 5) is 0. The maximum Gasteiger partial charge on any atom is 0.416 e. The van der Waals surface area contributed by atoms with Crippen molar-refractivity contribution >= 4 is 11.8 Å². The van der Waals surface area contributed by atoms with Crippen LogP contribution in [-0.2, 0) is 6.18 Å². The second kappa shape index (κ2) is 6.43. The number of benzene rings is 2. The zero-order valence-corrected chi connectivity index (χ0v) is 11.0. The van der Waals surface area contributed by atoms with Crippen molar-refractivity contribution in [3.63, 3.8) is 0 Å². The summed E-state index contributed by atoms with van der Waals surface area (Å²) in [5, 5.41) is 2.88. The van der Waals surface area contributed by atoms with Gasteiger partial charge >= 0.3 is 6.18 Å². The zero-order valence-electron chi connectivity index (χ0n) is 11.0. The van der Waals surface area contributed by atoms with E-state index >= 15 is 0 Å². The van der Waals surface area contributed by atoms with Crippen LogP contribution in [0, 0.1) is 0 Å². The van der Waals surface area contributed by atoms with Crippen molar-refractivity contribution in [3.8, 4) is 0 Å². The summed E-state index contributed by atoms with van der Waals surface area (Å²) in [6.07, 6.45) is -3.17. The highest BCUT2D eigenvalue weighted by atomic mass is 19.4. The lowest BCUT2D eigenvalue weighted by Crippen LogP contribution is -2.04. The van der Waals surface area contributed by atoms with Gasteiger partial charge in [-0.05, 0) is 35.9 Å².